The highest BCUT2D eigenvalue weighted by atomic mass is 16.4. The van der Waals surface area contributed by atoms with Crippen molar-refractivity contribution < 1.29 is 14.7 Å². The molecule has 6 nitrogen and oxygen atoms in total. The zero-order valence-corrected chi connectivity index (χ0v) is 11.7. The van der Waals surface area contributed by atoms with Crippen LogP contribution in [0.2, 0.25) is 0 Å². The zero-order chi connectivity index (χ0) is 14.7. The topological polar surface area (TPSA) is 82.5 Å². The van der Waals surface area contributed by atoms with E-state index in [0.29, 0.717) is 17.5 Å². The van der Waals surface area contributed by atoms with Gasteiger partial charge in [0, 0.05) is 19.3 Å². The largest absolute Gasteiger partial charge is 0.478 e. The maximum atomic E-state index is 12.1. The smallest absolute Gasteiger partial charge is 0.337 e. The lowest BCUT2D eigenvalue weighted by atomic mass is 9.89. The summed E-state index contributed by atoms with van der Waals surface area (Å²) in [6.07, 6.45) is 3.69. The van der Waals surface area contributed by atoms with Crippen molar-refractivity contribution in [3.63, 3.8) is 0 Å². The van der Waals surface area contributed by atoms with E-state index in [2.05, 4.69) is 24.1 Å². The van der Waals surface area contributed by atoms with Crippen LogP contribution in [0.15, 0.2) is 18.5 Å². The third-order valence-corrected chi connectivity index (χ3v) is 3.86. The number of urea groups is 1. The predicted molar refractivity (Wildman–Crippen MR) is 74.7 cm³/mol. The van der Waals surface area contributed by atoms with E-state index in [-0.39, 0.29) is 11.6 Å². The Morgan fingerprint density at radius 1 is 1.35 bits per heavy atom. The van der Waals surface area contributed by atoms with Crippen molar-refractivity contribution in [1.29, 1.82) is 0 Å². The molecule has 0 saturated carbocycles. The number of hydrogen-bond acceptors (Lipinski definition) is 3. The fourth-order valence-electron chi connectivity index (χ4n) is 2.28. The lowest BCUT2D eigenvalue weighted by Crippen LogP contribution is -2.44. The van der Waals surface area contributed by atoms with Crippen LogP contribution in [-0.4, -0.2) is 40.1 Å². The molecule has 2 heterocycles. The normalized spacial score (nSPS) is 22.4. The van der Waals surface area contributed by atoms with Crippen molar-refractivity contribution in [1.82, 2.24) is 9.88 Å². The number of likely N-dealkylation sites (tertiary alicyclic amines) is 1. The number of nitrogens with zero attached hydrogens (tertiary/aromatic N) is 2. The van der Waals surface area contributed by atoms with Crippen LogP contribution in [0.5, 0.6) is 0 Å². The molecule has 0 spiro atoms. The third kappa shape index (κ3) is 3.26. The van der Waals surface area contributed by atoms with E-state index in [1.807, 2.05) is 0 Å². The van der Waals surface area contributed by atoms with Crippen LogP contribution >= 0.6 is 0 Å². The van der Waals surface area contributed by atoms with E-state index in [4.69, 9.17) is 5.11 Å². The molecular weight excluding hydrogens is 258 g/mol. The van der Waals surface area contributed by atoms with Gasteiger partial charge in [-0.2, -0.15) is 0 Å². The number of anilines is 1. The van der Waals surface area contributed by atoms with Crippen molar-refractivity contribution in [3.8, 4) is 0 Å². The first kappa shape index (κ1) is 14.3. The zero-order valence-electron chi connectivity index (χ0n) is 11.7. The number of nitrogens with one attached hydrogen (secondary N) is 1. The molecule has 1 aliphatic rings. The number of piperidine rings is 1. The molecule has 108 valence electrons. The van der Waals surface area contributed by atoms with Crippen LogP contribution in [0.1, 0.15) is 30.6 Å². The summed E-state index contributed by atoms with van der Waals surface area (Å²) in [6.45, 7) is 5.78. The monoisotopic (exact) mass is 277 g/mol. The van der Waals surface area contributed by atoms with E-state index >= 15 is 0 Å². The van der Waals surface area contributed by atoms with Crippen molar-refractivity contribution in [3.05, 3.63) is 24.0 Å². The van der Waals surface area contributed by atoms with Crippen LogP contribution in [-0.2, 0) is 0 Å². The summed E-state index contributed by atoms with van der Waals surface area (Å²) in [5, 5.41) is 11.6. The fourth-order valence-corrected chi connectivity index (χ4v) is 2.28. The minimum atomic E-state index is -1.06. The Hall–Kier alpha value is -2.11. The van der Waals surface area contributed by atoms with E-state index in [1.54, 1.807) is 4.90 Å². The van der Waals surface area contributed by atoms with Gasteiger partial charge >= 0.3 is 12.0 Å². The summed E-state index contributed by atoms with van der Waals surface area (Å²) in [5.74, 6) is 0.0306. The van der Waals surface area contributed by atoms with E-state index < -0.39 is 5.97 Å². The Labute approximate surface area is 117 Å². The Balaban J connectivity index is 2.01. The first-order chi connectivity index (χ1) is 9.47. The average molecular weight is 277 g/mol. The van der Waals surface area contributed by atoms with E-state index in [9.17, 15) is 9.59 Å². The highest BCUT2D eigenvalue weighted by Gasteiger charge is 2.25. The lowest BCUT2D eigenvalue weighted by Gasteiger charge is -2.35. The van der Waals surface area contributed by atoms with Gasteiger partial charge in [0.1, 0.15) is 0 Å². The molecule has 2 amide bonds. The molecule has 0 aromatic carbocycles. The molecular formula is C14H19N3O3. The summed E-state index contributed by atoms with van der Waals surface area (Å²) in [4.78, 5) is 28.6. The molecule has 1 aliphatic heterocycles. The predicted octanol–water partition coefficient (Wildman–Crippen LogP) is 2.29. The molecule has 0 bridgehead atoms. The van der Waals surface area contributed by atoms with Crippen molar-refractivity contribution >= 4 is 17.7 Å². The van der Waals surface area contributed by atoms with E-state index in [0.717, 1.165) is 19.5 Å². The Kier molecular flexibility index (Phi) is 4.22. The molecule has 20 heavy (non-hydrogen) atoms. The van der Waals surface area contributed by atoms with Crippen LogP contribution in [0.3, 0.4) is 0 Å². The van der Waals surface area contributed by atoms with Crippen LogP contribution < -0.4 is 5.32 Å². The molecule has 0 radical (unpaired) electrons. The quantitative estimate of drug-likeness (QED) is 0.868. The SMILES string of the molecule is CC1CCN(C(=O)Nc2cncc(C(=O)O)c2)CC1C. The Bertz CT molecular complexity index is 518. The maximum absolute atomic E-state index is 12.1. The summed E-state index contributed by atoms with van der Waals surface area (Å²) in [7, 11) is 0. The first-order valence-corrected chi connectivity index (χ1v) is 6.71. The van der Waals surface area contributed by atoms with Gasteiger partial charge in [-0.25, -0.2) is 9.59 Å². The van der Waals surface area contributed by atoms with Gasteiger partial charge in [-0.15, -0.1) is 0 Å². The number of aromatic nitrogens is 1. The van der Waals surface area contributed by atoms with Crippen molar-refractivity contribution in [2.24, 2.45) is 11.8 Å². The standard InChI is InChI=1S/C14H19N3O3/c1-9-3-4-17(8-10(9)2)14(20)16-12-5-11(13(18)19)6-15-7-12/h5-7,9-10H,3-4,8H2,1-2H3,(H,16,20)(H,18,19). The minimum absolute atomic E-state index is 0.0587. The number of aromatic carboxylic acids is 1. The third-order valence-electron chi connectivity index (χ3n) is 3.86. The van der Waals surface area contributed by atoms with Crippen molar-refractivity contribution in [2.75, 3.05) is 18.4 Å². The van der Waals surface area contributed by atoms with Gasteiger partial charge in [0.2, 0.25) is 0 Å². The lowest BCUT2D eigenvalue weighted by molar-refractivity contribution is 0.0696. The number of carbonyl (C=O) groups excluding carboxylic acids is 1. The molecule has 2 unspecified atom stereocenters. The number of amides is 2. The van der Waals surface area contributed by atoms with Gasteiger partial charge in [-0.3, -0.25) is 4.98 Å². The summed E-state index contributed by atoms with van der Waals surface area (Å²) in [6, 6.07) is 1.21. The number of pyridine rings is 1. The van der Waals surface area contributed by atoms with Crippen molar-refractivity contribution in [2.45, 2.75) is 20.3 Å². The van der Waals surface area contributed by atoms with Crippen LogP contribution in [0.4, 0.5) is 10.5 Å². The molecule has 2 atom stereocenters. The molecule has 6 heteroatoms. The molecule has 1 saturated heterocycles. The maximum Gasteiger partial charge on any atom is 0.337 e. The van der Waals surface area contributed by atoms with Gasteiger partial charge in [-0.05, 0) is 24.3 Å². The molecule has 1 aromatic rings. The second-order valence-electron chi connectivity index (χ2n) is 5.39. The summed E-state index contributed by atoms with van der Waals surface area (Å²) >= 11 is 0. The molecule has 2 rings (SSSR count). The van der Waals surface area contributed by atoms with E-state index in [1.165, 1.54) is 18.5 Å². The van der Waals surface area contributed by atoms with Gasteiger partial charge in [0.25, 0.3) is 0 Å². The highest BCUT2D eigenvalue weighted by molar-refractivity contribution is 5.92. The van der Waals surface area contributed by atoms with Gasteiger partial charge < -0.3 is 15.3 Å². The fraction of sp³-hybridized carbons (Fsp3) is 0.500. The average Bonchev–Trinajstić information content (AvgIpc) is 2.42. The molecule has 2 N–H and O–H groups in total. The van der Waals surface area contributed by atoms with Crippen LogP contribution in [0.25, 0.3) is 0 Å². The second kappa shape index (κ2) is 5.90. The Morgan fingerprint density at radius 2 is 2.10 bits per heavy atom. The number of carboxylic acid groups (broad SMARTS) is 1. The highest BCUT2D eigenvalue weighted by Crippen LogP contribution is 2.23. The van der Waals surface area contributed by atoms with Gasteiger partial charge in [0.15, 0.2) is 0 Å². The summed E-state index contributed by atoms with van der Waals surface area (Å²) in [5.41, 5.74) is 0.463. The summed E-state index contributed by atoms with van der Waals surface area (Å²) < 4.78 is 0. The number of carboxylic acids is 1. The van der Waals surface area contributed by atoms with Crippen LogP contribution in [0, 0.1) is 11.8 Å². The molecule has 0 aliphatic carbocycles. The number of hydrogen-bond donors (Lipinski definition) is 2. The Morgan fingerprint density at radius 3 is 2.75 bits per heavy atom. The first-order valence-electron chi connectivity index (χ1n) is 6.71. The minimum Gasteiger partial charge on any atom is -0.478 e. The molecule has 1 fully saturated rings. The number of carbonyl (C=O) groups is 2. The second-order valence-corrected chi connectivity index (χ2v) is 5.39. The van der Waals surface area contributed by atoms with Gasteiger partial charge in [-0.1, -0.05) is 13.8 Å². The number of rotatable bonds is 2. The van der Waals surface area contributed by atoms with Gasteiger partial charge in [0.05, 0.1) is 17.4 Å². The molecule has 1 aromatic heterocycles.